The minimum absolute atomic E-state index is 0.114. The molecule has 0 aliphatic carbocycles. The van der Waals surface area contributed by atoms with Crippen LogP contribution in [0.15, 0.2) is 12.5 Å². The summed E-state index contributed by atoms with van der Waals surface area (Å²) >= 11 is 5.45. The van der Waals surface area contributed by atoms with Crippen molar-refractivity contribution >= 4 is 17.5 Å². The van der Waals surface area contributed by atoms with Crippen LogP contribution in [-0.2, 0) is 11.8 Å². The summed E-state index contributed by atoms with van der Waals surface area (Å²) in [5.74, 6) is 0.388. The van der Waals surface area contributed by atoms with Crippen molar-refractivity contribution in [3.05, 3.63) is 18.2 Å². The molecule has 6 heteroatoms. The second kappa shape index (κ2) is 7.24. The number of alkyl halides is 1. The van der Waals surface area contributed by atoms with Crippen LogP contribution in [0, 0.1) is 0 Å². The van der Waals surface area contributed by atoms with Crippen LogP contribution < -0.4 is 5.32 Å². The lowest BCUT2D eigenvalue weighted by Gasteiger charge is -2.05. The fourth-order valence-corrected chi connectivity index (χ4v) is 1.31. The molecule has 0 bridgehead atoms. The van der Waals surface area contributed by atoms with Crippen LogP contribution in [0.3, 0.4) is 0 Å². The molecule has 1 rings (SSSR count). The number of hydrogen-bond donors (Lipinski definition) is 1. The fraction of sp³-hybridized carbons (Fsp3) is 0.600. The Kier molecular flexibility index (Phi) is 5.88. The Bertz CT molecular complexity index is 328. The summed E-state index contributed by atoms with van der Waals surface area (Å²) in [5, 5.41) is 2.79. The first-order valence-electron chi connectivity index (χ1n) is 5.14. The van der Waals surface area contributed by atoms with Crippen LogP contribution in [0.1, 0.15) is 16.9 Å². The number of ether oxygens (including phenoxy) is 1. The first-order valence-corrected chi connectivity index (χ1v) is 5.67. The van der Waals surface area contributed by atoms with E-state index in [1.807, 2.05) is 0 Å². The third kappa shape index (κ3) is 4.20. The van der Waals surface area contributed by atoms with Gasteiger partial charge >= 0.3 is 0 Å². The number of carbonyl (C=O) groups is 1. The van der Waals surface area contributed by atoms with E-state index in [0.717, 1.165) is 6.42 Å². The first kappa shape index (κ1) is 13.0. The summed E-state index contributed by atoms with van der Waals surface area (Å²) in [6.45, 7) is 1.75. The first-order chi connectivity index (χ1) is 7.75. The number of halogens is 1. The number of nitrogens with zero attached hydrogens (tertiary/aromatic N) is 2. The van der Waals surface area contributed by atoms with Gasteiger partial charge in [-0.3, -0.25) is 4.79 Å². The summed E-state index contributed by atoms with van der Waals surface area (Å²) in [5.41, 5.74) is 0.557. The lowest BCUT2D eigenvalue weighted by molar-refractivity contribution is 0.0936. The molecule has 0 radical (unpaired) electrons. The zero-order valence-electron chi connectivity index (χ0n) is 9.28. The molecule has 1 N–H and O–H groups in total. The Hall–Kier alpha value is -1.07. The summed E-state index contributed by atoms with van der Waals surface area (Å²) in [7, 11) is 1.78. The Morgan fingerprint density at radius 2 is 2.44 bits per heavy atom. The Labute approximate surface area is 99.8 Å². The molecular formula is C10H16ClN3O2. The maximum Gasteiger partial charge on any atom is 0.269 e. The molecule has 5 nitrogen and oxygen atoms in total. The second-order valence-electron chi connectivity index (χ2n) is 3.30. The van der Waals surface area contributed by atoms with E-state index in [-0.39, 0.29) is 5.91 Å². The number of aryl methyl sites for hydroxylation is 1. The van der Waals surface area contributed by atoms with E-state index in [1.54, 1.807) is 24.1 Å². The molecular weight excluding hydrogens is 230 g/mol. The van der Waals surface area contributed by atoms with Gasteiger partial charge in [-0.1, -0.05) is 0 Å². The molecule has 1 aromatic rings. The summed E-state index contributed by atoms with van der Waals surface area (Å²) < 4.78 is 6.86. The standard InChI is InChI=1S/C10H16ClN3O2/c1-14-8-12-7-9(14)10(15)13-4-2-5-16-6-3-11/h7-8H,2-6H2,1H3,(H,13,15). The molecule has 0 aliphatic rings. The number of imidazole rings is 1. The Morgan fingerprint density at radius 3 is 3.06 bits per heavy atom. The third-order valence-corrected chi connectivity index (χ3v) is 2.18. The lowest BCUT2D eigenvalue weighted by atomic mass is 10.4. The number of aromatic nitrogens is 2. The van der Waals surface area contributed by atoms with Gasteiger partial charge in [0.05, 0.1) is 19.1 Å². The van der Waals surface area contributed by atoms with E-state index in [4.69, 9.17) is 16.3 Å². The van der Waals surface area contributed by atoms with Gasteiger partial charge in [0, 0.05) is 26.1 Å². The molecule has 0 aliphatic heterocycles. The van der Waals surface area contributed by atoms with Crippen molar-refractivity contribution in [2.24, 2.45) is 7.05 Å². The summed E-state index contributed by atoms with van der Waals surface area (Å²) in [4.78, 5) is 15.5. The van der Waals surface area contributed by atoms with E-state index in [2.05, 4.69) is 10.3 Å². The monoisotopic (exact) mass is 245 g/mol. The molecule has 0 saturated carbocycles. The van der Waals surface area contributed by atoms with Crippen molar-refractivity contribution < 1.29 is 9.53 Å². The average Bonchev–Trinajstić information content (AvgIpc) is 2.69. The highest BCUT2D eigenvalue weighted by molar-refractivity contribution is 6.17. The van der Waals surface area contributed by atoms with Crippen LogP contribution in [0.4, 0.5) is 0 Å². The van der Waals surface area contributed by atoms with E-state index in [0.29, 0.717) is 31.3 Å². The fourth-order valence-electron chi connectivity index (χ4n) is 1.20. The SMILES string of the molecule is Cn1cncc1C(=O)NCCCOCCCl. The lowest BCUT2D eigenvalue weighted by Crippen LogP contribution is -2.27. The van der Waals surface area contributed by atoms with Gasteiger partial charge < -0.3 is 14.6 Å². The normalized spacial score (nSPS) is 10.4. The van der Waals surface area contributed by atoms with Gasteiger partial charge in [-0.2, -0.15) is 0 Å². The highest BCUT2D eigenvalue weighted by Gasteiger charge is 2.07. The number of amides is 1. The molecule has 1 amide bonds. The maximum absolute atomic E-state index is 11.6. The van der Waals surface area contributed by atoms with Crippen LogP contribution >= 0.6 is 11.6 Å². The molecule has 1 aromatic heterocycles. The van der Waals surface area contributed by atoms with Crippen LogP contribution in [0.2, 0.25) is 0 Å². The minimum atomic E-state index is -0.114. The number of carbonyl (C=O) groups excluding carboxylic acids is 1. The largest absolute Gasteiger partial charge is 0.380 e. The zero-order valence-corrected chi connectivity index (χ0v) is 10.0. The molecule has 16 heavy (non-hydrogen) atoms. The van der Waals surface area contributed by atoms with Crippen LogP contribution in [0.25, 0.3) is 0 Å². The van der Waals surface area contributed by atoms with E-state index < -0.39 is 0 Å². The molecule has 90 valence electrons. The second-order valence-corrected chi connectivity index (χ2v) is 3.68. The predicted molar refractivity (Wildman–Crippen MR) is 61.7 cm³/mol. The molecule has 0 aromatic carbocycles. The highest BCUT2D eigenvalue weighted by atomic mass is 35.5. The van der Waals surface area contributed by atoms with Gasteiger partial charge in [0.15, 0.2) is 0 Å². The molecule has 0 atom stereocenters. The van der Waals surface area contributed by atoms with Crippen molar-refractivity contribution in [3.8, 4) is 0 Å². The number of rotatable bonds is 7. The van der Waals surface area contributed by atoms with Gasteiger partial charge in [0.2, 0.25) is 0 Å². The maximum atomic E-state index is 11.6. The van der Waals surface area contributed by atoms with Crippen molar-refractivity contribution in [1.82, 2.24) is 14.9 Å². The van der Waals surface area contributed by atoms with Gasteiger partial charge in [-0.05, 0) is 6.42 Å². The quantitative estimate of drug-likeness (QED) is 0.571. The zero-order chi connectivity index (χ0) is 11.8. The van der Waals surface area contributed by atoms with Gasteiger partial charge in [-0.15, -0.1) is 11.6 Å². The molecule has 1 heterocycles. The van der Waals surface area contributed by atoms with E-state index >= 15 is 0 Å². The van der Waals surface area contributed by atoms with Crippen LogP contribution in [0.5, 0.6) is 0 Å². The molecule has 0 saturated heterocycles. The molecule has 0 spiro atoms. The van der Waals surface area contributed by atoms with Crippen molar-refractivity contribution in [1.29, 1.82) is 0 Å². The van der Waals surface area contributed by atoms with E-state index in [1.165, 1.54) is 0 Å². The highest BCUT2D eigenvalue weighted by Crippen LogP contribution is 1.95. The summed E-state index contributed by atoms with van der Waals surface area (Å²) in [6.07, 6.45) is 3.91. The van der Waals surface area contributed by atoms with Crippen molar-refractivity contribution in [3.63, 3.8) is 0 Å². The van der Waals surface area contributed by atoms with Gasteiger partial charge in [0.1, 0.15) is 5.69 Å². The smallest absolute Gasteiger partial charge is 0.269 e. The number of hydrogen-bond acceptors (Lipinski definition) is 3. The Balaban J connectivity index is 2.14. The number of nitrogens with one attached hydrogen (secondary N) is 1. The Morgan fingerprint density at radius 1 is 1.62 bits per heavy atom. The average molecular weight is 246 g/mol. The third-order valence-electron chi connectivity index (χ3n) is 2.02. The van der Waals surface area contributed by atoms with Crippen molar-refractivity contribution in [2.75, 3.05) is 25.6 Å². The van der Waals surface area contributed by atoms with Crippen molar-refractivity contribution in [2.45, 2.75) is 6.42 Å². The molecule has 0 unspecified atom stereocenters. The topological polar surface area (TPSA) is 56.2 Å². The summed E-state index contributed by atoms with van der Waals surface area (Å²) in [6, 6.07) is 0. The van der Waals surface area contributed by atoms with Crippen LogP contribution in [-0.4, -0.2) is 41.1 Å². The minimum Gasteiger partial charge on any atom is -0.380 e. The van der Waals surface area contributed by atoms with E-state index in [9.17, 15) is 4.79 Å². The predicted octanol–water partition coefficient (Wildman–Crippen LogP) is 0.795. The van der Waals surface area contributed by atoms with Gasteiger partial charge in [0.25, 0.3) is 5.91 Å². The molecule has 0 fully saturated rings. The van der Waals surface area contributed by atoms with Gasteiger partial charge in [-0.25, -0.2) is 4.98 Å².